The van der Waals surface area contributed by atoms with Crippen LogP contribution >= 0.6 is 0 Å². The molecular formula is C14H21NO4. The van der Waals surface area contributed by atoms with Crippen LogP contribution in [0, 0.1) is 0 Å². The molecule has 5 heteroatoms. The summed E-state index contributed by atoms with van der Waals surface area (Å²) >= 11 is 0. The van der Waals surface area contributed by atoms with E-state index in [0.29, 0.717) is 5.56 Å². The van der Waals surface area contributed by atoms with Crippen molar-refractivity contribution in [1.82, 2.24) is 0 Å². The summed E-state index contributed by atoms with van der Waals surface area (Å²) in [6.07, 6.45) is 0. The summed E-state index contributed by atoms with van der Waals surface area (Å²) in [6.45, 7) is 5.92. The number of rotatable bonds is 4. The monoisotopic (exact) mass is 267 g/mol. The van der Waals surface area contributed by atoms with Crippen LogP contribution < -0.4 is 10.5 Å². The standard InChI is InChI=1S/C14H21NO4/c1-14(2,3)8-5-9(10(7-15)13(17)18)12(16)11(6-8)19-4/h5-6,10,16H,7,15H2,1-4H3,(H,17,18). The summed E-state index contributed by atoms with van der Waals surface area (Å²) < 4.78 is 5.11. The molecule has 1 unspecified atom stereocenters. The summed E-state index contributed by atoms with van der Waals surface area (Å²) in [5.41, 5.74) is 6.48. The van der Waals surface area contributed by atoms with Crippen LogP contribution in [0.1, 0.15) is 37.8 Å². The van der Waals surface area contributed by atoms with Crippen LogP contribution in [-0.4, -0.2) is 29.8 Å². The van der Waals surface area contributed by atoms with Crippen LogP contribution in [0.4, 0.5) is 0 Å². The molecular weight excluding hydrogens is 246 g/mol. The molecule has 0 bridgehead atoms. The molecule has 0 radical (unpaired) electrons. The van der Waals surface area contributed by atoms with Crippen molar-refractivity contribution in [3.8, 4) is 11.5 Å². The van der Waals surface area contributed by atoms with Crippen molar-refractivity contribution in [3.63, 3.8) is 0 Å². The maximum absolute atomic E-state index is 11.2. The second kappa shape index (κ2) is 5.48. The van der Waals surface area contributed by atoms with Gasteiger partial charge in [-0.2, -0.15) is 0 Å². The molecule has 1 atom stereocenters. The number of ether oxygens (including phenoxy) is 1. The van der Waals surface area contributed by atoms with Gasteiger partial charge < -0.3 is 20.7 Å². The molecule has 0 aromatic heterocycles. The van der Waals surface area contributed by atoms with E-state index in [1.54, 1.807) is 12.1 Å². The first-order valence-electron chi connectivity index (χ1n) is 6.06. The molecule has 1 aromatic rings. The van der Waals surface area contributed by atoms with Gasteiger partial charge in [0.05, 0.1) is 13.0 Å². The Labute approximate surface area is 113 Å². The van der Waals surface area contributed by atoms with Gasteiger partial charge in [0, 0.05) is 12.1 Å². The smallest absolute Gasteiger partial charge is 0.312 e. The Hall–Kier alpha value is -1.75. The number of carboxylic acids is 1. The Morgan fingerprint density at radius 3 is 2.37 bits per heavy atom. The Morgan fingerprint density at radius 1 is 1.42 bits per heavy atom. The molecule has 0 saturated heterocycles. The predicted octanol–water partition coefficient (Wildman–Crippen LogP) is 1.83. The summed E-state index contributed by atoms with van der Waals surface area (Å²) in [5.74, 6) is -1.91. The Kier molecular flexibility index (Phi) is 4.42. The molecule has 106 valence electrons. The van der Waals surface area contributed by atoms with E-state index in [0.717, 1.165) is 5.56 Å². The molecule has 0 aliphatic rings. The zero-order valence-corrected chi connectivity index (χ0v) is 11.7. The number of benzene rings is 1. The lowest BCUT2D eigenvalue weighted by Crippen LogP contribution is -2.22. The molecule has 19 heavy (non-hydrogen) atoms. The third-order valence-electron chi connectivity index (χ3n) is 3.10. The number of methoxy groups -OCH3 is 1. The van der Waals surface area contributed by atoms with Gasteiger partial charge >= 0.3 is 5.97 Å². The Balaban J connectivity index is 3.49. The van der Waals surface area contributed by atoms with Crippen LogP contribution in [-0.2, 0) is 10.2 Å². The van der Waals surface area contributed by atoms with Crippen molar-refractivity contribution in [3.05, 3.63) is 23.3 Å². The molecule has 4 N–H and O–H groups in total. The molecule has 1 rings (SSSR count). The average molecular weight is 267 g/mol. The Morgan fingerprint density at radius 2 is 2.00 bits per heavy atom. The van der Waals surface area contributed by atoms with Gasteiger partial charge in [-0.1, -0.05) is 26.8 Å². The maximum Gasteiger partial charge on any atom is 0.312 e. The molecule has 0 saturated carbocycles. The second-order valence-electron chi connectivity index (χ2n) is 5.49. The van der Waals surface area contributed by atoms with Crippen molar-refractivity contribution >= 4 is 5.97 Å². The third-order valence-corrected chi connectivity index (χ3v) is 3.10. The van der Waals surface area contributed by atoms with E-state index < -0.39 is 11.9 Å². The van der Waals surface area contributed by atoms with Crippen molar-refractivity contribution in [2.75, 3.05) is 13.7 Å². The van der Waals surface area contributed by atoms with Gasteiger partial charge in [0.1, 0.15) is 0 Å². The topological polar surface area (TPSA) is 92.8 Å². The second-order valence-corrected chi connectivity index (χ2v) is 5.49. The third kappa shape index (κ3) is 3.17. The van der Waals surface area contributed by atoms with E-state index >= 15 is 0 Å². The number of aromatic hydroxyl groups is 1. The highest BCUT2D eigenvalue weighted by molar-refractivity contribution is 5.78. The van der Waals surface area contributed by atoms with Crippen LogP contribution in [0.2, 0.25) is 0 Å². The van der Waals surface area contributed by atoms with Crippen molar-refractivity contribution in [1.29, 1.82) is 0 Å². The summed E-state index contributed by atoms with van der Waals surface area (Å²) in [4.78, 5) is 11.2. The predicted molar refractivity (Wildman–Crippen MR) is 72.8 cm³/mol. The molecule has 0 fully saturated rings. The minimum absolute atomic E-state index is 0.0837. The lowest BCUT2D eigenvalue weighted by Gasteiger charge is -2.23. The lowest BCUT2D eigenvalue weighted by molar-refractivity contribution is -0.138. The Bertz CT molecular complexity index is 477. The zero-order valence-electron chi connectivity index (χ0n) is 11.7. The fourth-order valence-electron chi connectivity index (χ4n) is 1.84. The number of carbonyl (C=O) groups is 1. The molecule has 0 spiro atoms. The molecule has 0 aliphatic heterocycles. The summed E-state index contributed by atoms with van der Waals surface area (Å²) in [6, 6.07) is 3.40. The van der Waals surface area contributed by atoms with Gasteiger partial charge in [0.15, 0.2) is 11.5 Å². The average Bonchev–Trinajstić information content (AvgIpc) is 2.30. The van der Waals surface area contributed by atoms with Gasteiger partial charge in [-0.15, -0.1) is 0 Å². The highest BCUT2D eigenvalue weighted by Crippen LogP contribution is 2.39. The maximum atomic E-state index is 11.2. The molecule has 0 aliphatic carbocycles. The minimum Gasteiger partial charge on any atom is -0.504 e. The van der Waals surface area contributed by atoms with E-state index in [2.05, 4.69) is 0 Å². The molecule has 0 heterocycles. The van der Waals surface area contributed by atoms with E-state index in [-0.39, 0.29) is 23.5 Å². The van der Waals surface area contributed by atoms with Gasteiger partial charge in [-0.25, -0.2) is 0 Å². The van der Waals surface area contributed by atoms with Crippen molar-refractivity contribution in [2.24, 2.45) is 5.73 Å². The van der Waals surface area contributed by atoms with E-state index in [1.165, 1.54) is 7.11 Å². The zero-order chi connectivity index (χ0) is 14.8. The largest absolute Gasteiger partial charge is 0.504 e. The quantitative estimate of drug-likeness (QED) is 0.774. The summed E-state index contributed by atoms with van der Waals surface area (Å²) in [7, 11) is 1.43. The highest BCUT2D eigenvalue weighted by Gasteiger charge is 2.26. The van der Waals surface area contributed by atoms with Crippen LogP contribution in [0.25, 0.3) is 0 Å². The first-order chi connectivity index (χ1) is 8.72. The number of phenolic OH excluding ortho intramolecular Hbond substituents is 1. The van der Waals surface area contributed by atoms with Crippen LogP contribution in [0.3, 0.4) is 0 Å². The van der Waals surface area contributed by atoms with Crippen LogP contribution in [0.5, 0.6) is 11.5 Å². The van der Waals surface area contributed by atoms with Gasteiger partial charge in [-0.05, 0) is 17.0 Å². The van der Waals surface area contributed by atoms with Gasteiger partial charge in [-0.3, -0.25) is 4.79 Å². The number of carboxylic acid groups (broad SMARTS) is 1. The van der Waals surface area contributed by atoms with Gasteiger partial charge in [0.25, 0.3) is 0 Å². The van der Waals surface area contributed by atoms with Crippen molar-refractivity contribution < 1.29 is 19.7 Å². The number of aliphatic carboxylic acids is 1. The lowest BCUT2D eigenvalue weighted by atomic mass is 9.83. The fourth-order valence-corrected chi connectivity index (χ4v) is 1.84. The SMILES string of the molecule is COc1cc(C(C)(C)C)cc(C(CN)C(=O)O)c1O. The van der Waals surface area contributed by atoms with E-state index in [1.807, 2.05) is 20.8 Å². The number of hydrogen-bond donors (Lipinski definition) is 3. The summed E-state index contributed by atoms with van der Waals surface area (Å²) in [5, 5.41) is 19.3. The van der Waals surface area contributed by atoms with E-state index in [4.69, 9.17) is 10.5 Å². The molecule has 0 amide bonds. The molecule has 5 nitrogen and oxygen atoms in total. The number of nitrogens with two attached hydrogens (primary N) is 1. The fraction of sp³-hybridized carbons (Fsp3) is 0.500. The molecule has 1 aromatic carbocycles. The highest BCUT2D eigenvalue weighted by atomic mass is 16.5. The normalized spacial score (nSPS) is 13.1. The first kappa shape index (κ1) is 15.3. The van der Waals surface area contributed by atoms with Gasteiger partial charge in [0.2, 0.25) is 0 Å². The first-order valence-corrected chi connectivity index (χ1v) is 6.06. The van der Waals surface area contributed by atoms with Crippen molar-refractivity contribution in [2.45, 2.75) is 32.1 Å². The number of phenols is 1. The number of hydrogen-bond acceptors (Lipinski definition) is 4. The van der Waals surface area contributed by atoms with E-state index in [9.17, 15) is 15.0 Å². The van der Waals surface area contributed by atoms with Crippen LogP contribution in [0.15, 0.2) is 12.1 Å². The minimum atomic E-state index is -1.06.